The predicted octanol–water partition coefficient (Wildman–Crippen LogP) is 6.82. The number of fused-ring (bicyclic) bond motifs is 3. The smallest absolute Gasteiger partial charge is 0.290 e. The Morgan fingerprint density at radius 1 is 0.455 bits per heavy atom. The molecule has 5 aromatic carbocycles. The van der Waals surface area contributed by atoms with Crippen molar-refractivity contribution in [1.82, 2.24) is 19.5 Å². The molecular weight excluding hydrogens is 535 g/mol. The summed E-state index contributed by atoms with van der Waals surface area (Å²) >= 11 is 0. The van der Waals surface area contributed by atoms with Crippen molar-refractivity contribution in [3.63, 3.8) is 0 Å². The molecule has 8 rings (SSSR count). The molecule has 0 fully saturated rings. The average molecular weight is 562 g/mol. The first-order chi connectivity index (χ1) is 21.8. The van der Waals surface area contributed by atoms with Gasteiger partial charge in [0.25, 0.3) is 6.71 Å². The van der Waals surface area contributed by atoms with Gasteiger partial charge in [-0.05, 0) is 24.3 Å². The van der Waals surface area contributed by atoms with E-state index in [1.54, 1.807) is 0 Å². The highest BCUT2D eigenvalue weighted by atomic mass is 15.0. The van der Waals surface area contributed by atoms with Crippen LogP contribution in [0.25, 0.3) is 50.0 Å². The van der Waals surface area contributed by atoms with Crippen LogP contribution < -0.4 is 16.6 Å². The molecule has 0 amide bonds. The summed E-state index contributed by atoms with van der Waals surface area (Å²) < 4.78 is 2.33. The second-order valence-electron chi connectivity index (χ2n) is 10.9. The molecule has 0 aliphatic heterocycles. The Morgan fingerprint density at radius 2 is 0.909 bits per heavy atom. The molecule has 0 bridgehead atoms. The van der Waals surface area contributed by atoms with Gasteiger partial charge >= 0.3 is 0 Å². The minimum atomic E-state index is -0.0665. The maximum atomic E-state index is 5.14. The topological polar surface area (TPSA) is 43.6 Å². The highest BCUT2D eigenvalue weighted by Gasteiger charge is 2.25. The maximum absolute atomic E-state index is 5.14. The molecule has 206 valence electrons. The molecule has 0 N–H and O–H groups in total. The molecule has 0 atom stereocenters. The first-order valence-corrected chi connectivity index (χ1v) is 14.8. The van der Waals surface area contributed by atoms with Gasteiger partial charge in [-0.25, -0.2) is 4.98 Å². The van der Waals surface area contributed by atoms with E-state index in [4.69, 9.17) is 15.0 Å². The fourth-order valence-electron chi connectivity index (χ4n) is 6.15. The van der Waals surface area contributed by atoms with E-state index in [9.17, 15) is 0 Å². The summed E-state index contributed by atoms with van der Waals surface area (Å²) in [6, 6.07) is 52.7. The van der Waals surface area contributed by atoms with E-state index >= 15 is 0 Å². The lowest BCUT2D eigenvalue weighted by atomic mass is 9.40. The quantitative estimate of drug-likeness (QED) is 0.209. The van der Waals surface area contributed by atoms with Crippen LogP contribution in [0.2, 0.25) is 0 Å². The van der Waals surface area contributed by atoms with E-state index in [-0.39, 0.29) is 6.71 Å². The van der Waals surface area contributed by atoms with Crippen LogP contribution in [0.15, 0.2) is 164 Å². The van der Waals surface area contributed by atoms with E-state index in [0.29, 0.717) is 0 Å². The Labute approximate surface area is 256 Å². The molecule has 3 aromatic heterocycles. The monoisotopic (exact) mass is 562 g/mol. The molecule has 8 aromatic rings. The van der Waals surface area contributed by atoms with Crippen LogP contribution in [0, 0.1) is 0 Å². The van der Waals surface area contributed by atoms with Gasteiger partial charge in [-0.15, -0.1) is 0 Å². The first-order valence-electron chi connectivity index (χ1n) is 14.8. The first kappa shape index (κ1) is 25.9. The van der Waals surface area contributed by atoms with Gasteiger partial charge in [0.1, 0.15) is 0 Å². The lowest BCUT2D eigenvalue weighted by Crippen LogP contribution is -2.54. The van der Waals surface area contributed by atoms with Gasteiger partial charge in [0, 0.05) is 34.3 Å². The van der Waals surface area contributed by atoms with Crippen LogP contribution >= 0.6 is 0 Å². The van der Waals surface area contributed by atoms with E-state index in [1.807, 2.05) is 30.6 Å². The van der Waals surface area contributed by atoms with Gasteiger partial charge in [-0.3, -0.25) is 9.97 Å². The summed E-state index contributed by atoms with van der Waals surface area (Å²) in [6.45, 7) is -0.0665. The van der Waals surface area contributed by atoms with E-state index in [0.717, 1.165) is 55.9 Å². The third-order valence-electron chi connectivity index (χ3n) is 8.21. The van der Waals surface area contributed by atoms with Gasteiger partial charge in [-0.1, -0.05) is 138 Å². The van der Waals surface area contributed by atoms with E-state index < -0.39 is 0 Å². The van der Waals surface area contributed by atoms with Crippen molar-refractivity contribution >= 4 is 45.2 Å². The fourth-order valence-corrected chi connectivity index (χ4v) is 6.15. The minimum Gasteiger partial charge on any atom is -0.309 e. The number of pyridine rings is 1. The Hall–Kier alpha value is -5.81. The SMILES string of the molecule is c1ccc(B(c2ccccc2)c2ncc(-c3cc(-n4c5ccccc5c5ccccc54)cc(-c4ccccc4)n3)cn2)cc1. The summed E-state index contributed by atoms with van der Waals surface area (Å²) in [5.74, 6) is 0. The fraction of sp³-hybridized carbons (Fsp3) is 0. The second kappa shape index (κ2) is 11.1. The Bertz CT molecular complexity index is 2120. The number of hydrogen-bond donors (Lipinski definition) is 0. The van der Waals surface area contributed by atoms with Gasteiger partial charge in [0.15, 0.2) is 0 Å². The molecule has 4 nitrogen and oxygen atoms in total. The summed E-state index contributed by atoms with van der Waals surface area (Å²) in [5, 5.41) is 2.45. The molecule has 0 saturated carbocycles. The standard InChI is InChI=1S/C39H27BN4/c1-4-14-28(15-5-1)35-24-32(44-37-22-12-10-20-33(37)34-21-11-13-23-38(34)44)25-36(43-35)29-26-41-39(42-27-29)40(30-16-6-2-7-17-30)31-18-8-3-9-19-31/h1-27H. The zero-order chi connectivity index (χ0) is 29.3. The Balaban J connectivity index is 1.29. The zero-order valence-electron chi connectivity index (χ0n) is 24.0. The lowest BCUT2D eigenvalue weighted by molar-refractivity contribution is 1.15. The number of nitrogens with zero attached hydrogens (tertiary/aromatic N) is 4. The molecule has 3 heterocycles. The molecule has 0 radical (unpaired) electrons. The molecule has 0 spiro atoms. The van der Waals surface area contributed by atoms with Crippen LogP contribution in [-0.2, 0) is 0 Å². The normalized spacial score (nSPS) is 11.2. The molecule has 0 aliphatic carbocycles. The third kappa shape index (κ3) is 4.65. The van der Waals surface area contributed by atoms with E-state index in [2.05, 4.69) is 138 Å². The molecule has 0 aliphatic rings. The van der Waals surface area contributed by atoms with Crippen LogP contribution in [-0.4, -0.2) is 26.2 Å². The average Bonchev–Trinajstić information content (AvgIpc) is 3.44. The molecule has 0 saturated heterocycles. The van der Waals surface area contributed by atoms with Crippen LogP contribution in [0.3, 0.4) is 0 Å². The summed E-state index contributed by atoms with van der Waals surface area (Å²) in [5.41, 5.74) is 10.1. The number of hydrogen-bond acceptors (Lipinski definition) is 3. The van der Waals surface area contributed by atoms with E-state index in [1.165, 1.54) is 10.8 Å². The third-order valence-corrected chi connectivity index (χ3v) is 8.21. The van der Waals surface area contributed by atoms with Crippen molar-refractivity contribution in [3.8, 4) is 28.2 Å². The van der Waals surface area contributed by atoms with Gasteiger partial charge in [-0.2, -0.15) is 0 Å². The van der Waals surface area contributed by atoms with Crippen LogP contribution in [0.1, 0.15) is 0 Å². The summed E-state index contributed by atoms with van der Waals surface area (Å²) in [7, 11) is 0. The van der Waals surface area contributed by atoms with Crippen LogP contribution in [0.4, 0.5) is 0 Å². The molecule has 5 heteroatoms. The van der Waals surface area contributed by atoms with Crippen molar-refractivity contribution in [3.05, 3.63) is 164 Å². The Kier molecular flexibility index (Phi) is 6.54. The second-order valence-corrected chi connectivity index (χ2v) is 10.9. The summed E-state index contributed by atoms with van der Waals surface area (Å²) in [4.78, 5) is 15.0. The predicted molar refractivity (Wildman–Crippen MR) is 183 cm³/mol. The van der Waals surface area contributed by atoms with Crippen molar-refractivity contribution in [2.75, 3.05) is 0 Å². The molecular formula is C39H27BN4. The van der Waals surface area contributed by atoms with Gasteiger partial charge in [0.05, 0.1) is 33.8 Å². The largest absolute Gasteiger partial charge is 0.309 e. The number of benzene rings is 5. The zero-order valence-corrected chi connectivity index (χ0v) is 24.0. The van der Waals surface area contributed by atoms with Gasteiger partial charge < -0.3 is 4.57 Å². The minimum absolute atomic E-state index is 0.0665. The lowest BCUT2D eigenvalue weighted by Gasteiger charge is -2.15. The maximum Gasteiger partial charge on any atom is 0.290 e. The van der Waals surface area contributed by atoms with Crippen LogP contribution in [0.5, 0.6) is 0 Å². The van der Waals surface area contributed by atoms with Crippen molar-refractivity contribution < 1.29 is 0 Å². The Morgan fingerprint density at radius 3 is 1.45 bits per heavy atom. The number of rotatable bonds is 6. The molecule has 0 unspecified atom stereocenters. The van der Waals surface area contributed by atoms with Crippen molar-refractivity contribution in [2.45, 2.75) is 0 Å². The highest BCUT2D eigenvalue weighted by molar-refractivity contribution is 6.94. The molecule has 44 heavy (non-hydrogen) atoms. The summed E-state index contributed by atoms with van der Waals surface area (Å²) in [6.07, 6.45) is 3.82. The van der Waals surface area contributed by atoms with Gasteiger partial charge in [0.2, 0.25) is 0 Å². The van der Waals surface area contributed by atoms with Crippen molar-refractivity contribution in [1.29, 1.82) is 0 Å². The highest BCUT2D eigenvalue weighted by Crippen LogP contribution is 2.34. The van der Waals surface area contributed by atoms with Crippen molar-refractivity contribution in [2.24, 2.45) is 0 Å². The number of aromatic nitrogens is 4. The number of para-hydroxylation sites is 2.